The van der Waals surface area contributed by atoms with Crippen molar-refractivity contribution in [3.05, 3.63) is 70.2 Å². The summed E-state index contributed by atoms with van der Waals surface area (Å²) in [6.07, 6.45) is 2.47. The minimum absolute atomic E-state index is 0.341. The second-order valence-corrected chi connectivity index (χ2v) is 9.09. The van der Waals surface area contributed by atoms with Gasteiger partial charge < -0.3 is 10.1 Å². The summed E-state index contributed by atoms with van der Waals surface area (Å²) in [5, 5.41) is 22.3. The van der Waals surface area contributed by atoms with Crippen molar-refractivity contribution in [1.29, 1.82) is 5.26 Å². The van der Waals surface area contributed by atoms with Crippen LogP contribution in [0.25, 0.3) is 22.2 Å². The monoisotopic (exact) mass is 504 g/mol. The van der Waals surface area contributed by atoms with Gasteiger partial charge in [0.1, 0.15) is 23.9 Å². The first-order valence-electron chi connectivity index (χ1n) is 11.4. The van der Waals surface area contributed by atoms with Gasteiger partial charge in [-0.3, -0.25) is 4.90 Å². The molecule has 1 saturated heterocycles. The molecule has 1 aliphatic heterocycles. The van der Waals surface area contributed by atoms with Crippen LogP contribution in [0.15, 0.2) is 54.6 Å². The fourth-order valence-electron chi connectivity index (χ4n) is 4.15. The van der Waals surface area contributed by atoms with E-state index in [0.717, 1.165) is 30.8 Å². The number of halogens is 2. The predicted molar refractivity (Wildman–Crippen MR) is 138 cm³/mol. The molecule has 0 radical (unpaired) electrons. The Kier molecular flexibility index (Phi) is 6.96. The fraction of sp³-hybridized carbons (Fsp3) is 0.231. The Morgan fingerprint density at radius 2 is 1.77 bits per heavy atom. The normalized spacial score (nSPS) is 13.6. The van der Waals surface area contributed by atoms with Gasteiger partial charge in [-0.1, -0.05) is 35.3 Å². The highest BCUT2D eigenvalue weighted by Crippen LogP contribution is 2.35. The Bertz CT molecular complexity index is 1390. The van der Waals surface area contributed by atoms with Gasteiger partial charge in [-0.2, -0.15) is 5.26 Å². The lowest BCUT2D eigenvalue weighted by Crippen LogP contribution is -2.25. The van der Waals surface area contributed by atoms with Crippen LogP contribution in [-0.4, -0.2) is 46.3 Å². The first-order valence-corrected chi connectivity index (χ1v) is 12.1. The van der Waals surface area contributed by atoms with Crippen molar-refractivity contribution in [2.24, 2.45) is 0 Å². The van der Waals surface area contributed by atoms with E-state index >= 15 is 0 Å². The number of rotatable bonds is 7. The van der Waals surface area contributed by atoms with Crippen LogP contribution in [-0.2, 0) is 0 Å². The largest absolute Gasteiger partial charge is 0.491 e. The van der Waals surface area contributed by atoms with Crippen LogP contribution in [0.2, 0.25) is 10.0 Å². The molecule has 0 spiro atoms. The fourth-order valence-corrected chi connectivity index (χ4v) is 4.77. The van der Waals surface area contributed by atoms with Crippen LogP contribution in [0.3, 0.4) is 0 Å². The second kappa shape index (κ2) is 10.4. The molecule has 4 aromatic rings. The van der Waals surface area contributed by atoms with Crippen LogP contribution in [0.5, 0.6) is 5.75 Å². The smallest absolute Gasteiger partial charge is 0.247 e. The molecule has 176 valence electrons. The molecule has 1 aromatic heterocycles. The number of hydrogen-bond donors (Lipinski definition) is 1. The van der Waals surface area contributed by atoms with Crippen LogP contribution < -0.4 is 10.1 Å². The molecule has 1 N–H and O–H groups in total. The lowest BCUT2D eigenvalue weighted by molar-refractivity contribution is 0.237. The molecular weight excluding hydrogens is 483 g/mol. The lowest BCUT2D eigenvalue weighted by atomic mass is 10.0. The SMILES string of the molecule is N#Cc1ccc(Nc2nnc3cc(-c4c(Cl)cccc4Cl)ccc3n2)cc1OCCN1CCCC1. The van der Waals surface area contributed by atoms with Gasteiger partial charge in [-0.05, 0) is 67.9 Å². The maximum atomic E-state index is 9.46. The summed E-state index contributed by atoms with van der Waals surface area (Å²) in [5.41, 5.74) is 4.07. The molecule has 0 aliphatic carbocycles. The Labute approximate surface area is 213 Å². The molecule has 3 aromatic carbocycles. The second-order valence-electron chi connectivity index (χ2n) is 8.28. The van der Waals surface area contributed by atoms with E-state index in [1.807, 2.05) is 24.3 Å². The number of nitrogens with one attached hydrogen (secondary N) is 1. The molecule has 0 atom stereocenters. The van der Waals surface area contributed by atoms with Gasteiger partial charge in [0.15, 0.2) is 0 Å². The molecule has 0 unspecified atom stereocenters. The molecule has 0 bridgehead atoms. The zero-order chi connectivity index (χ0) is 24.2. The number of hydrogen-bond acceptors (Lipinski definition) is 7. The molecule has 1 fully saturated rings. The van der Waals surface area contributed by atoms with E-state index in [-0.39, 0.29) is 0 Å². The van der Waals surface area contributed by atoms with Crippen LogP contribution in [0, 0.1) is 11.3 Å². The maximum Gasteiger partial charge on any atom is 0.247 e. The third kappa shape index (κ3) is 5.30. The highest BCUT2D eigenvalue weighted by Gasteiger charge is 2.13. The Morgan fingerprint density at radius 3 is 2.54 bits per heavy atom. The molecule has 7 nitrogen and oxygen atoms in total. The standard InChI is InChI=1S/C26H22Cl2N6O/c27-20-4-3-5-21(28)25(20)17-7-9-22-23(14-17)32-33-26(31-22)30-19-8-6-18(16-29)24(15-19)35-13-12-34-10-1-2-11-34/h3-9,14-15H,1-2,10-13H2,(H,30,31,33). The lowest BCUT2D eigenvalue weighted by Gasteiger charge is -2.16. The number of likely N-dealkylation sites (tertiary alicyclic amines) is 1. The van der Waals surface area contributed by atoms with Crippen molar-refractivity contribution in [3.63, 3.8) is 0 Å². The van der Waals surface area contributed by atoms with E-state index in [1.54, 1.807) is 30.3 Å². The van der Waals surface area contributed by atoms with E-state index < -0.39 is 0 Å². The third-order valence-electron chi connectivity index (χ3n) is 5.93. The Hall–Kier alpha value is -3.44. The van der Waals surface area contributed by atoms with Crippen molar-refractivity contribution in [3.8, 4) is 22.9 Å². The van der Waals surface area contributed by atoms with Gasteiger partial charge in [0, 0.05) is 33.9 Å². The Balaban J connectivity index is 1.33. The molecule has 5 rings (SSSR count). The molecule has 2 heterocycles. The van der Waals surface area contributed by atoms with Crippen molar-refractivity contribution < 1.29 is 4.74 Å². The summed E-state index contributed by atoms with van der Waals surface area (Å²) in [7, 11) is 0. The first-order chi connectivity index (χ1) is 17.1. The molecule has 9 heteroatoms. The van der Waals surface area contributed by atoms with E-state index in [4.69, 9.17) is 27.9 Å². The number of anilines is 2. The molecular formula is C26H22Cl2N6O. The van der Waals surface area contributed by atoms with Crippen LogP contribution >= 0.6 is 23.2 Å². The zero-order valence-corrected chi connectivity index (χ0v) is 20.4. The van der Waals surface area contributed by atoms with Crippen molar-refractivity contribution in [2.75, 3.05) is 31.6 Å². The summed E-state index contributed by atoms with van der Waals surface area (Å²) in [5.74, 6) is 0.875. The van der Waals surface area contributed by atoms with Crippen molar-refractivity contribution in [1.82, 2.24) is 20.1 Å². The minimum Gasteiger partial charge on any atom is -0.491 e. The van der Waals surface area contributed by atoms with Crippen molar-refractivity contribution in [2.45, 2.75) is 12.8 Å². The van der Waals surface area contributed by atoms with E-state index in [1.165, 1.54) is 12.8 Å². The number of fused-ring (bicyclic) bond motifs is 1. The molecule has 0 saturated carbocycles. The van der Waals surface area contributed by atoms with Crippen molar-refractivity contribution >= 4 is 45.9 Å². The quantitative estimate of drug-likeness (QED) is 0.325. The van der Waals surface area contributed by atoms with Crippen LogP contribution in [0.1, 0.15) is 18.4 Å². The van der Waals surface area contributed by atoms with E-state index in [2.05, 4.69) is 31.5 Å². The maximum absolute atomic E-state index is 9.46. The summed E-state index contributed by atoms with van der Waals surface area (Å²) in [6, 6.07) is 18.5. The summed E-state index contributed by atoms with van der Waals surface area (Å²) in [6.45, 7) is 3.59. The van der Waals surface area contributed by atoms with Gasteiger partial charge in [0.2, 0.25) is 5.95 Å². The van der Waals surface area contributed by atoms with E-state index in [0.29, 0.717) is 50.6 Å². The number of nitrogens with zero attached hydrogens (tertiary/aromatic N) is 5. The summed E-state index contributed by atoms with van der Waals surface area (Å²) < 4.78 is 5.93. The van der Waals surface area contributed by atoms with E-state index in [9.17, 15) is 5.26 Å². The topological polar surface area (TPSA) is 87.0 Å². The number of nitriles is 1. The highest BCUT2D eigenvalue weighted by atomic mass is 35.5. The molecule has 35 heavy (non-hydrogen) atoms. The first kappa shape index (κ1) is 23.3. The third-order valence-corrected chi connectivity index (χ3v) is 6.56. The number of aromatic nitrogens is 3. The predicted octanol–water partition coefficient (Wildman–Crippen LogP) is 6.09. The minimum atomic E-state index is 0.341. The zero-order valence-electron chi connectivity index (χ0n) is 18.8. The molecule has 0 amide bonds. The molecule has 1 aliphatic rings. The highest BCUT2D eigenvalue weighted by molar-refractivity contribution is 6.39. The summed E-state index contributed by atoms with van der Waals surface area (Å²) in [4.78, 5) is 6.94. The Morgan fingerprint density at radius 1 is 0.971 bits per heavy atom. The average molecular weight is 505 g/mol. The average Bonchev–Trinajstić information content (AvgIpc) is 3.38. The van der Waals surface area contributed by atoms with Gasteiger partial charge >= 0.3 is 0 Å². The van der Waals surface area contributed by atoms with Gasteiger partial charge in [0.05, 0.1) is 11.1 Å². The summed E-state index contributed by atoms with van der Waals surface area (Å²) >= 11 is 12.7. The van der Waals surface area contributed by atoms with Crippen LogP contribution in [0.4, 0.5) is 11.6 Å². The van der Waals surface area contributed by atoms with Gasteiger partial charge in [-0.15, -0.1) is 10.2 Å². The van der Waals surface area contributed by atoms with Gasteiger partial charge in [-0.25, -0.2) is 4.98 Å². The number of benzene rings is 3. The van der Waals surface area contributed by atoms with Gasteiger partial charge in [0.25, 0.3) is 0 Å². The number of ether oxygens (including phenoxy) is 1.